The molecule has 1 aromatic heterocycles. The van der Waals surface area contributed by atoms with E-state index in [0.29, 0.717) is 0 Å². The number of allylic oxidation sites excluding steroid dienone is 2. The van der Waals surface area contributed by atoms with Crippen molar-refractivity contribution in [1.29, 1.82) is 0 Å². The van der Waals surface area contributed by atoms with Crippen LogP contribution in [-0.4, -0.2) is 4.98 Å². The number of hydrogen-bond donors (Lipinski definition) is 1. The van der Waals surface area contributed by atoms with Gasteiger partial charge >= 0.3 is 0 Å². The maximum atomic E-state index is 3.33. The van der Waals surface area contributed by atoms with Crippen LogP contribution in [0.25, 0.3) is 5.57 Å². The first-order valence-corrected chi connectivity index (χ1v) is 5.70. The van der Waals surface area contributed by atoms with Gasteiger partial charge in [0, 0.05) is 11.9 Å². The van der Waals surface area contributed by atoms with Crippen molar-refractivity contribution in [3.05, 3.63) is 29.6 Å². The Bertz CT molecular complexity index is 306. The van der Waals surface area contributed by atoms with E-state index >= 15 is 0 Å². The molecule has 2 rings (SSSR count). The summed E-state index contributed by atoms with van der Waals surface area (Å²) in [7, 11) is 0. The second kappa shape index (κ2) is 4.50. The normalized spacial score (nSPS) is 24.4. The predicted octanol–water partition coefficient (Wildman–Crippen LogP) is 4.14. The summed E-state index contributed by atoms with van der Waals surface area (Å²) in [5.74, 6) is 0. The fraction of sp³-hybridized carbons (Fsp3) is 0.538. The highest BCUT2D eigenvalue weighted by Gasteiger charge is 2.09. The molecule has 0 aliphatic heterocycles. The van der Waals surface area contributed by atoms with Crippen LogP contribution in [0.5, 0.6) is 0 Å². The molecule has 0 fully saturated rings. The van der Waals surface area contributed by atoms with E-state index in [9.17, 15) is 0 Å². The molecule has 1 N–H and O–H groups in total. The lowest BCUT2D eigenvalue weighted by Crippen LogP contribution is -1.95. The summed E-state index contributed by atoms with van der Waals surface area (Å²) in [5, 5.41) is 0. The topological polar surface area (TPSA) is 15.8 Å². The van der Waals surface area contributed by atoms with Crippen LogP contribution in [0.4, 0.5) is 0 Å². The molecule has 1 aliphatic rings. The van der Waals surface area contributed by atoms with Crippen molar-refractivity contribution in [2.75, 3.05) is 0 Å². The fourth-order valence-corrected chi connectivity index (χ4v) is 2.29. The van der Waals surface area contributed by atoms with Crippen molar-refractivity contribution in [3.63, 3.8) is 0 Å². The van der Waals surface area contributed by atoms with Crippen LogP contribution in [0.1, 0.15) is 51.1 Å². The van der Waals surface area contributed by atoms with Gasteiger partial charge in [-0.15, -0.1) is 0 Å². The van der Waals surface area contributed by atoms with Crippen LogP contribution in [0.3, 0.4) is 0 Å². The zero-order valence-electron chi connectivity index (χ0n) is 8.97. The van der Waals surface area contributed by atoms with Crippen molar-refractivity contribution in [2.45, 2.75) is 45.4 Å². The quantitative estimate of drug-likeness (QED) is 0.683. The number of aromatic nitrogens is 1. The van der Waals surface area contributed by atoms with Gasteiger partial charge in [0.15, 0.2) is 0 Å². The van der Waals surface area contributed by atoms with Crippen LogP contribution in [0.15, 0.2) is 23.9 Å². The van der Waals surface area contributed by atoms with Gasteiger partial charge in [0.2, 0.25) is 0 Å². The second-order valence-corrected chi connectivity index (χ2v) is 4.26. The van der Waals surface area contributed by atoms with Gasteiger partial charge < -0.3 is 4.98 Å². The molecule has 14 heavy (non-hydrogen) atoms. The predicted molar refractivity (Wildman–Crippen MR) is 61.1 cm³/mol. The van der Waals surface area contributed by atoms with Gasteiger partial charge in [-0.25, -0.2) is 0 Å². The van der Waals surface area contributed by atoms with Crippen LogP contribution in [0, 0.1) is 0 Å². The fourth-order valence-electron chi connectivity index (χ4n) is 2.29. The van der Waals surface area contributed by atoms with E-state index < -0.39 is 0 Å². The van der Waals surface area contributed by atoms with Crippen LogP contribution < -0.4 is 0 Å². The average Bonchev–Trinajstić information content (AvgIpc) is 2.65. The zero-order valence-corrected chi connectivity index (χ0v) is 8.97. The molecule has 1 aliphatic carbocycles. The summed E-state index contributed by atoms with van der Waals surface area (Å²) >= 11 is 0. The number of hydrogen-bond acceptors (Lipinski definition) is 0. The number of nitrogens with one attached hydrogen (secondary N) is 1. The van der Waals surface area contributed by atoms with Crippen LogP contribution >= 0.6 is 0 Å². The SMILES string of the molecule is C/C1=C(\c2ccc[nH]2)CCCCCC1. The molecule has 0 amide bonds. The minimum atomic E-state index is 1.26. The van der Waals surface area contributed by atoms with Crippen molar-refractivity contribution >= 4 is 5.57 Å². The average molecular weight is 189 g/mol. The molecule has 76 valence electrons. The van der Waals surface area contributed by atoms with Gasteiger partial charge in [-0.05, 0) is 50.3 Å². The molecule has 1 heterocycles. The summed E-state index contributed by atoms with van der Waals surface area (Å²) in [6.45, 7) is 2.29. The molecule has 0 unspecified atom stereocenters. The lowest BCUT2D eigenvalue weighted by Gasteiger charge is -2.14. The van der Waals surface area contributed by atoms with Crippen LogP contribution in [-0.2, 0) is 0 Å². The third-order valence-electron chi connectivity index (χ3n) is 3.17. The van der Waals surface area contributed by atoms with Crippen molar-refractivity contribution in [1.82, 2.24) is 4.98 Å². The molecule has 0 aromatic carbocycles. The highest BCUT2D eigenvalue weighted by Crippen LogP contribution is 2.29. The molecular weight excluding hydrogens is 170 g/mol. The summed E-state index contributed by atoms with van der Waals surface area (Å²) in [4.78, 5) is 3.33. The first-order valence-electron chi connectivity index (χ1n) is 5.70. The first-order chi connectivity index (χ1) is 6.88. The highest BCUT2D eigenvalue weighted by atomic mass is 14.7. The summed E-state index contributed by atoms with van der Waals surface area (Å²) in [6, 6.07) is 4.29. The van der Waals surface area contributed by atoms with Crippen molar-refractivity contribution in [2.24, 2.45) is 0 Å². The highest BCUT2D eigenvalue weighted by molar-refractivity contribution is 5.65. The molecule has 1 nitrogen and oxygen atoms in total. The van der Waals surface area contributed by atoms with Crippen molar-refractivity contribution in [3.8, 4) is 0 Å². The summed E-state index contributed by atoms with van der Waals surface area (Å²) < 4.78 is 0. The van der Waals surface area contributed by atoms with Gasteiger partial charge in [-0.2, -0.15) is 0 Å². The molecule has 0 spiro atoms. The lowest BCUT2D eigenvalue weighted by molar-refractivity contribution is 0.631. The van der Waals surface area contributed by atoms with Gasteiger partial charge in [0.25, 0.3) is 0 Å². The Balaban J connectivity index is 2.24. The van der Waals surface area contributed by atoms with Crippen molar-refractivity contribution < 1.29 is 0 Å². The number of H-pyrrole nitrogens is 1. The monoisotopic (exact) mass is 189 g/mol. The van der Waals surface area contributed by atoms with E-state index in [1.165, 1.54) is 44.2 Å². The van der Waals surface area contributed by atoms with E-state index in [0.717, 1.165) is 0 Å². The third kappa shape index (κ3) is 2.09. The van der Waals surface area contributed by atoms with E-state index in [1.54, 1.807) is 11.1 Å². The van der Waals surface area contributed by atoms with Gasteiger partial charge in [-0.3, -0.25) is 0 Å². The van der Waals surface area contributed by atoms with E-state index in [4.69, 9.17) is 0 Å². The Hall–Kier alpha value is -0.980. The van der Waals surface area contributed by atoms with Gasteiger partial charge in [0.1, 0.15) is 0 Å². The Morgan fingerprint density at radius 1 is 1.07 bits per heavy atom. The maximum absolute atomic E-state index is 3.33. The Morgan fingerprint density at radius 2 is 1.86 bits per heavy atom. The summed E-state index contributed by atoms with van der Waals surface area (Å²) in [5.41, 5.74) is 4.49. The Labute approximate surface area is 86.2 Å². The largest absolute Gasteiger partial charge is 0.361 e. The number of aromatic amines is 1. The smallest absolute Gasteiger partial charge is 0.0412 e. The molecular formula is C13H19N. The molecule has 0 radical (unpaired) electrons. The number of rotatable bonds is 1. The molecule has 1 aromatic rings. The van der Waals surface area contributed by atoms with E-state index in [1.807, 2.05) is 6.20 Å². The lowest BCUT2D eigenvalue weighted by atomic mass is 9.93. The molecule has 0 bridgehead atoms. The second-order valence-electron chi connectivity index (χ2n) is 4.26. The van der Waals surface area contributed by atoms with Crippen LogP contribution in [0.2, 0.25) is 0 Å². The maximum Gasteiger partial charge on any atom is 0.0412 e. The third-order valence-corrected chi connectivity index (χ3v) is 3.17. The van der Waals surface area contributed by atoms with E-state index in [2.05, 4.69) is 24.0 Å². The standard InChI is InChI=1S/C13H19N/c1-11-7-4-2-3-5-8-12(11)13-9-6-10-14-13/h6,9-10,14H,2-5,7-8H2,1H3/b12-11+. The zero-order chi connectivity index (χ0) is 9.80. The van der Waals surface area contributed by atoms with Gasteiger partial charge in [-0.1, -0.05) is 18.4 Å². The molecule has 0 atom stereocenters. The first kappa shape index (κ1) is 9.57. The van der Waals surface area contributed by atoms with E-state index in [-0.39, 0.29) is 0 Å². The molecule has 0 saturated carbocycles. The summed E-state index contributed by atoms with van der Waals surface area (Å²) in [6.07, 6.45) is 10.1. The van der Waals surface area contributed by atoms with Gasteiger partial charge in [0.05, 0.1) is 0 Å². The Morgan fingerprint density at radius 3 is 2.57 bits per heavy atom. The minimum absolute atomic E-state index is 1.26. The Kier molecular flexibility index (Phi) is 3.07. The molecule has 0 saturated heterocycles. The molecule has 1 heteroatoms. The minimum Gasteiger partial charge on any atom is -0.361 e.